The molecule has 0 radical (unpaired) electrons. The number of hydrogen-bond donors (Lipinski definition) is 0. The van der Waals surface area contributed by atoms with E-state index in [2.05, 4.69) is 59.5 Å². The van der Waals surface area contributed by atoms with Gasteiger partial charge in [0.25, 0.3) is 0 Å². The van der Waals surface area contributed by atoms with Crippen molar-refractivity contribution in [3.63, 3.8) is 0 Å². The van der Waals surface area contributed by atoms with E-state index >= 15 is 0 Å². The molecule has 3 aromatic carbocycles. The Morgan fingerprint density at radius 1 is 0.742 bits per heavy atom. The zero-order valence-corrected chi connectivity index (χ0v) is 19.0. The normalized spacial score (nSPS) is 23.4. The van der Waals surface area contributed by atoms with Crippen LogP contribution in [0, 0.1) is 0 Å². The first-order valence-electron chi connectivity index (χ1n) is 11.1. The first-order valence-corrected chi connectivity index (χ1v) is 11.9. The lowest BCUT2D eigenvalue weighted by Crippen LogP contribution is -2.45. The van der Waals surface area contributed by atoms with Crippen molar-refractivity contribution in [2.45, 2.75) is 56.5 Å². The molecular formula is C27H27Cl2NO. The molecule has 0 spiro atoms. The van der Waals surface area contributed by atoms with E-state index in [4.69, 9.17) is 27.9 Å². The molecule has 2 aliphatic heterocycles. The third kappa shape index (κ3) is 4.83. The molecule has 31 heavy (non-hydrogen) atoms. The Hall–Kier alpha value is -1.84. The van der Waals surface area contributed by atoms with E-state index in [1.54, 1.807) is 0 Å². The Morgan fingerprint density at radius 3 is 1.77 bits per heavy atom. The Labute approximate surface area is 194 Å². The van der Waals surface area contributed by atoms with E-state index in [0.717, 1.165) is 40.6 Å². The highest BCUT2D eigenvalue weighted by Crippen LogP contribution is 2.40. The zero-order chi connectivity index (χ0) is 21.2. The third-order valence-corrected chi connectivity index (χ3v) is 7.23. The number of ether oxygens (including phenoxy) is 1. The van der Waals surface area contributed by atoms with Crippen LogP contribution in [0.2, 0.25) is 10.0 Å². The van der Waals surface area contributed by atoms with Crippen LogP contribution in [-0.4, -0.2) is 23.1 Å². The minimum absolute atomic E-state index is 0.111. The maximum absolute atomic E-state index is 6.81. The molecule has 1 unspecified atom stereocenters. The summed E-state index contributed by atoms with van der Waals surface area (Å²) in [6, 6.07) is 28.1. The van der Waals surface area contributed by atoms with E-state index in [-0.39, 0.29) is 12.2 Å². The highest BCUT2D eigenvalue weighted by Gasteiger charge is 2.41. The molecule has 0 N–H and O–H groups in total. The van der Waals surface area contributed by atoms with Gasteiger partial charge in [0, 0.05) is 28.7 Å². The first kappa shape index (κ1) is 21.0. The van der Waals surface area contributed by atoms with Crippen molar-refractivity contribution in [1.29, 1.82) is 0 Å². The maximum Gasteiger partial charge on any atom is 0.108 e. The van der Waals surface area contributed by atoms with Crippen molar-refractivity contribution >= 4 is 23.2 Å². The lowest BCUT2D eigenvalue weighted by molar-refractivity contribution is -0.0501. The number of piperidine rings is 1. The van der Waals surface area contributed by atoms with Crippen molar-refractivity contribution in [3.05, 3.63) is 106 Å². The van der Waals surface area contributed by atoms with Crippen LogP contribution in [-0.2, 0) is 11.3 Å². The quantitative estimate of drug-likeness (QED) is 0.389. The van der Waals surface area contributed by atoms with Gasteiger partial charge in [0.15, 0.2) is 0 Å². The summed E-state index contributed by atoms with van der Waals surface area (Å²) >= 11 is 12.3. The number of rotatable bonds is 6. The Balaban J connectivity index is 1.33. The average molecular weight is 452 g/mol. The fourth-order valence-corrected chi connectivity index (χ4v) is 5.46. The van der Waals surface area contributed by atoms with E-state index < -0.39 is 0 Å². The molecule has 3 atom stereocenters. The number of fused-ring (bicyclic) bond motifs is 2. The first-order chi connectivity index (χ1) is 15.2. The van der Waals surface area contributed by atoms with Gasteiger partial charge in [0.05, 0.1) is 6.10 Å². The smallest absolute Gasteiger partial charge is 0.108 e. The van der Waals surface area contributed by atoms with E-state index in [9.17, 15) is 0 Å². The summed E-state index contributed by atoms with van der Waals surface area (Å²) in [7, 11) is 0. The lowest BCUT2D eigenvalue weighted by Gasteiger charge is -2.40. The SMILES string of the molecule is Clc1ccc(C(OC2C[C@H]3CC[C@@H](C2)N3Cc2ccccc2)c2ccc(Cl)cc2)cc1. The molecule has 0 saturated carbocycles. The van der Waals surface area contributed by atoms with Crippen LogP contribution in [0.4, 0.5) is 0 Å². The summed E-state index contributed by atoms with van der Waals surface area (Å²) in [5, 5.41) is 1.48. The molecule has 0 aliphatic carbocycles. The van der Waals surface area contributed by atoms with Gasteiger partial charge < -0.3 is 4.74 Å². The second-order valence-electron chi connectivity index (χ2n) is 8.76. The summed E-state index contributed by atoms with van der Waals surface area (Å²) in [6.45, 7) is 1.04. The van der Waals surface area contributed by atoms with Gasteiger partial charge in [-0.05, 0) is 66.6 Å². The van der Waals surface area contributed by atoms with Gasteiger partial charge in [0.2, 0.25) is 0 Å². The van der Waals surface area contributed by atoms with Crippen LogP contribution in [0.5, 0.6) is 0 Å². The van der Waals surface area contributed by atoms with Crippen LogP contribution in [0.3, 0.4) is 0 Å². The van der Waals surface area contributed by atoms with Crippen molar-refractivity contribution in [2.24, 2.45) is 0 Å². The molecule has 3 aromatic rings. The predicted molar refractivity (Wildman–Crippen MR) is 128 cm³/mol. The Morgan fingerprint density at radius 2 is 1.26 bits per heavy atom. The molecule has 2 nitrogen and oxygen atoms in total. The highest BCUT2D eigenvalue weighted by atomic mass is 35.5. The second-order valence-corrected chi connectivity index (χ2v) is 9.63. The van der Waals surface area contributed by atoms with Gasteiger partial charge in [-0.25, -0.2) is 0 Å². The third-order valence-electron chi connectivity index (χ3n) is 6.72. The number of nitrogens with zero attached hydrogens (tertiary/aromatic N) is 1. The minimum Gasteiger partial charge on any atom is -0.365 e. The van der Waals surface area contributed by atoms with Crippen LogP contribution in [0.1, 0.15) is 48.5 Å². The molecule has 5 rings (SSSR count). The van der Waals surface area contributed by atoms with Gasteiger partial charge in [-0.3, -0.25) is 4.90 Å². The van der Waals surface area contributed by atoms with Crippen molar-refractivity contribution in [3.8, 4) is 0 Å². The molecular weight excluding hydrogens is 425 g/mol. The summed E-state index contributed by atoms with van der Waals surface area (Å²) in [6.07, 6.45) is 4.84. The molecule has 2 saturated heterocycles. The largest absolute Gasteiger partial charge is 0.365 e. The molecule has 160 valence electrons. The van der Waals surface area contributed by atoms with E-state index in [1.165, 1.54) is 18.4 Å². The predicted octanol–water partition coefficient (Wildman–Crippen LogP) is 7.30. The standard InChI is InChI=1S/C27H27Cl2NO/c28-22-10-6-20(7-11-22)27(21-8-12-23(29)13-9-21)31-26-16-24-14-15-25(17-26)30(24)18-19-4-2-1-3-5-19/h1-13,24-27H,14-18H2/t24-,25+,26?. The van der Waals surface area contributed by atoms with Crippen LogP contribution >= 0.6 is 23.2 Å². The van der Waals surface area contributed by atoms with Crippen LogP contribution in [0.25, 0.3) is 0 Å². The highest BCUT2D eigenvalue weighted by molar-refractivity contribution is 6.30. The number of halogens is 2. The summed E-state index contributed by atoms with van der Waals surface area (Å²) in [4.78, 5) is 2.70. The van der Waals surface area contributed by atoms with Gasteiger partial charge in [-0.1, -0.05) is 77.8 Å². The van der Waals surface area contributed by atoms with Crippen molar-refractivity contribution in [1.82, 2.24) is 4.90 Å². The zero-order valence-electron chi connectivity index (χ0n) is 17.5. The molecule has 2 heterocycles. The summed E-state index contributed by atoms with van der Waals surface area (Å²) < 4.78 is 6.81. The second kappa shape index (κ2) is 9.34. The van der Waals surface area contributed by atoms with Crippen molar-refractivity contribution < 1.29 is 4.74 Å². The van der Waals surface area contributed by atoms with Gasteiger partial charge >= 0.3 is 0 Å². The van der Waals surface area contributed by atoms with Gasteiger partial charge in [-0.2, -0.15) is 0 Å². The fraction of sp³-hybridized carbons (Fsp3) is 0.333. The van der Waals surface area contributed by atoms with Gasteiger partial charge in [0.1, 0.15) is 6.10 Å². The Kier molecular flexibility index (Phi) is 6.34. The summed E-state index contributed by atoms with van der Waals surface area (Å²) in [5.41, 5.74) is 3.66. The molecule has 2 bridgehead atoms. The molecule has 0 aromatic heterocycles. The molecule has 2 aliphatic rings. The minimum atomic E-state index is -0.111. The average Bonchev–Trinajstić information content (AvgIpc) is 3.02. The molecule has 2 fully saturated rings. The maximum atomic E-state index is 6.81. The van der Waals surface area contributed by atoms with Crippen LogP contribution < -0.4 is 0 Å². The number of hydrogen-bond acceptors (Lipinski definition) is 2. The van der Waals surface area contributed by atoms with Gasteiger partial charge in [-0.15, -0.1) is 0 Å². The van der Waals surface area contributed by atoms with Crippen LogP contribution in [0.15, 0.2) is 78.9 Å². The Bertz CT molecular complexity index is 931. The van der Waals surface area contributed by atoms with E-state index in [0.29, 0.717) is 12.1 Å². The monoisotopic (exact) mass is 451 g/mol. The van der Waals surface area contributed by atoms with Crippen molar-refractivity contribution in [2.75, 3.05) is 0 Å². The molecule has 0 amide bonds. The topological polar surface area (TPSA) is 12.5 Å². The van der Waals surface area contributed by atoms with E-state index in [1.807, 2.05) is 24.3 Å². The summed E-state index contributed by atoms with van der Waals surface area (Å²) in [5.74, 6) is 0. The number of benzene rings is 3. The molecule has 4 heteroatoms. The fourth-order valence-electron chi connectivity index (χ4n) is 5.20. The lowest BCUT2D eigenvalue weighted by atomic mass is 9.96.